The summed E-state index contributed by atoms with van der Waals surface area (Å²) in [6, 6.07) is 0. The lowest BCUT2D eigenvalue weighted by atomic mass is 9.76. The Hall–Kier alpha value is -0.860. The second kappa shape index (κ2) is 2.57. The maximum Gasteiger partial charge on any atom is 0.287 e. The number of hydrogen-bond donors (Lipinski definition) is 1. The predicted octanol–water partition coefficient (Wildman–Crippen LogP) is 0.636. The van der Waals surface area contributed by atoms with Gasteiger partial charge >= 0.3 is 0 Å². The molecule has 0 bridgehead atoms. The molecular formula is C9H13NO2. The molecular weight excluding hydrogens is 154 g/mol. The fraction of sp³-hybridized carbons (Fsp3) is 0.778. The minimum atomic E-state index is -0.358. The molecule has 0 aromatic carbocycles. The van der Waals surface area contributed by atoms with Crippen molar-refractivity contribution < 1.29 is 9.59 Å². The summed E-state index contributed by atoms with van der Waals surface area (Å²) in [6.07, 6.45) is 4.94. The van der Waals surface area contributed by atoms with E-state index >= 15 is 0 Å². The van der Waals surface area contributed by atoms with Gasteiger partial charge in [0, 0.05) is 12.0 Å². The summed E-state index contributed by atoms with van der Waals surface area (Å²) in [5.74, 6) is -0.519. The first-order chi connectivity index (χ1) is 5.75. The molecule has 0 aromatic rings. The zero-order valence-corrected chi connectivity index (χ0v) is 7.06. The van der Waals surface area contributed by atoms with Crippen LogP contribution in [0.3, 0.4) is 0 Å². The van der Waals surface area contributed by atoms with Gasteiger partial charge in [0.1, 0.15) is 0 Å². The Labute approximate surface area is 71.5 Å². The van der Waals surface area contributed by atoms with Gasteiger partial charge in [0.25, 0.3) is 5.91 Å². The summed E-state index contributed by atoms with van der Waals surface area (Å²) in [5.41, 5.74) is -0.248. The van der Waals surface area contributed by atoms with Crippen molar-refractivity contribution in [2.75, 3.05) is 6.54 Å². The smallest absolute Gasteiger partial charge is 0.287 e. The van der Waals surface area contributed by atoms with Crippen LogP contribution in [-0.2, 0) is 9.59 Å². The monoisotopic (exact) mass is 167 g/mol. The number of carbonyl (C=O) groups excluding carboxylic acids is 2. The average molecular weight is 167 g/mol. The van der Waals surface area contributed by atoms with Crippen molar-refractivity contribution in [1.29, 1.82) is 0 Å². The average Bonchev–Trinajstić information content (AvgIpc) is 2.50. The maximum atomic E-state index is 11.5. The molecule has 12 heavy (non-hydrogen) atoms. The van der Waals surface area contributed by atoms with Crippen molar-refractivity contribution in [3.63, 3.8) is 0 Å². The number of amides is 1. The number of carbonyl (C=O) groups is 2. The third-order valence-electron chi connectivity index (χ3n) is 3.14. The Kier molecular flexibility index (Phi) is 1.67. The fourth-order valence-corrected chi connectivity index (χ4v) is 2.38. The molecule has 66 valence electrons. The van der Waals surface area contributed by atoms with Crippen LogP contribution in [0.25, 0.3) is 0 Å². The highest BCUT2D eigenvalue weighted by atomic mass is 16.2. The van der Waals surface area contributed by atoms with E-state index in [0.717, 1.165) is 32.1 Å². The van der Waals surface area contributed by atoms with Crippen molar-refractivity contribution in [3.05, 3.63) is 0 Å². The quantitative estimate of drug-likeness (QED) is 0.538. The topological polar surface area (TPSA) is 46.2 Å². The van der Waals surface area contributed by atoms with Crippen LogP contribution >= 0.6 is 0 Å². The molecule has 0 radical (unpaired) electrons. The fourth-order valence-electron chi connectivity index (χ4n) is 2.38. The largest absolute Gasteiger partial charge is 0.349 e. The number of Topliss-reactive ketones (excluding diaryl/α,β-unsaturated/α-hetero) is 1. The van der Waals surface area contributed by atoms with Crippen LogP contribution < -0.4 is 5.32 Å². The second-order valence-corrected chi connectivity index (χ2v) is 3.82. The molecule has 0 atom stereocenters. The zero-order valence-electron chi connectivity index (χ0n) is 7.06. The lowest BCUT2D eigenvalue weighted by Crippen LogP contribution is -2.48. The Morgan fingerprint density at radius 1 is 1.08 bits per heavy atom. The molecule has 1 aliphatic carbocycles. The van der Waals surface area contributed by atoms with Crippen LogP contribution in [-0.4, -0.2) is 18.2 Å². The Bertz CT molecular complexity index is 229. The maximum absolute atomic E-state index is 11.5. The Morgan fingerprint density at radius 3 is 2.42 bits per heavy atom. The van der Waals surface area contributed by atoms with E-state index in [4.69, 9.17) is 0 Å². The molecule has 0 aromatic heterocycles. The highest BCUT2D eigenvalue weighted by Crippen LogP contribution is 2.42. The van der Waals surface area contributed by atoms with E-state index in [1.165, 1.54) is 0 Å². The molecule has 1 saturated carbocycles. The zero-order chi connectivity index (χ0) is 8.60. The first kappa shape index (κ1) is 7.77. The summed E-state index contributed by atoms with van der Waals surface area (Å²) >= 11 is 0. The van der Waals surface area contributed by atoms with Gasteiger partial charge < -0.3 is 5.32 Å². The van der Waals surface area contributed by atoms with E-state index in [-0.39, 0.29) is 17.1 Å². The van der Waals surface area contributed by atoms with Crippen LogP contribution in [0.2, 0.25) is 0 Å². The lowest BCUT2D eigenvalue weighted by Gasteiger charge is -2.30. The first-order valence-electron chi connectivity index (χ1n) is 4.57. The van der Waals surface area contributed by atoms with E-state index in [1.807, 2.05) is 0 Å². The van der Waals surface area contributed by atoms with Gasteiger partial charge in [-0.3, -0.25) is 9.59 Å². The number of nitrogens with one attached hydrogen (secondary N) is 1. The van der Waals surface area contributed by atoms with Gasteiger partial charge in [-0.15, -0.1) is 0 Å². The molecule has 1 amide bonds. The van der Waals surface area contributed by atoms with Crippen molar-refractivity contribution >= 4 is 11.7 Å². The van der Waals surface area contributed by atoms with Gasteiger partial charge in [-0.25, -0.2) is 0 Å². The highest BCUT2D eigenvalue weighted by molar-refractivity contribution is 6.38. The van der Waals surface area contributed by atoms with Crippen molar-refractivity contribution in [3.8, 4) is 0 Å². The highest BCUT2D eigenvalue weighted by Gasteiger charge is 2.45. The third kappa shape index (κ3) is 0.958. The van der Waals surface area contributed by atoms with Crippen LogP contribution in [0.1, 0.15) is 32.1 Å². The van der Waals surface area contributed by atoms with Crippen molar-refractivity contribution in [2.24, 2.45) is 5.41 Å². The van der Waals surface area contributed by atoms with Crippen LogP contribution in [0, 0.1) is 5.41 Å². The van der Waals surface area contributed by atoms with Gasteiger partial charge in [0.15, 0.2) is 0 Å². The van der Waals surface area contributed by atoms with E-state index in [1.54, 1.807) is 0 Å². The van der Waals surface area contributed by atoms with E-state index in [0.29, 0.717) is 6.54 Å². The summed E-state index contributed by atoms with van der Waals surface area (Å²) < 4.78 is 0. The SMILES string of the molecule is O=C1NCCC2(CCCC2)C1=O. The lowest BCUT2D eigenvalue weighted by molar-refractivity contribution is -0.146. The van der Waals surface area contributed by atoms with Crippen LogP contribution in [0.4, 0.5) is 0 Å². The molecule has 2 fully saturated rings. The number of rotatable bonds is 0. The number of piperidine rings is 1. The molecule has 1 heterocycles. The number of hydrogen-bond acceptors (Lipinski definition) is 2. The summed E-state index contributed by atoms with van der Waals surface area (Å²) in [7, 11) is 0. The third-order valence-corrected chi connectivity index (χ3v) is 3.14. The first-order valence-corrected chi connectivity index (χ1v) is 4.57. The molecule has 3 nitrogen and oxygen atoms in total. The molecule has 2 aliphatic rings. The van der Waals surface area contributed by atoms with E-state index in [9.17, 15) is 9.59 Å². The van der Waals surface area contributed by atoms with Crippen molar-refractivity contribution in [2.45, 2.75) is 32.1 Å². The molecule has 3 heteroatoms. The van der Waals surface area contributed by atoms with Gasteiger partial charge in [0.2, 0.25) is 5.78 Å². The summed E-state index contributed by atoms with van der Waals surface area (Å²) in [5, 5.41) is 2.59. The van der Waals surface area contributed by atoms with E-state index in [2.05, 4.69) is 5.32 Å². The van der Waals surface area contributed by atoms with Gasteiger partial charge in [0.05, 0.1) is 0 Å². The number of ketones is 1. The predicted molar refractivity (Wildman–Crippen MR) is 43.5 cm³/mol. The molecule has 1 spiro atoms. The van der Waals surface area contributed by atoms with Crippen LogP contribution in [0.5, 0.6) is 0 Å². The second-order valence-electron chi connectivity index (χ2n) is 3.82. The Morgan fingerprint density at radius 2 is 1.75 bits per heavy atom. The van der Waals surface area contributed by atoms with Gasteiger partial charge in [-0.1, -0.05) is 12.8 Å². The summed E-state index contributed by atoms with van der Waals surface area (Å²) in [4.78, 5) is 22.6. The summed E-state index contributed by atoms with van der Waals surface area (Å²) in [6.45, 7) is 0.685. The normalized spacial score (nSPS) is 27.7. The minimum Gasteiger partial charge on any atom is -0.349 e. The van der Waals surface area contributed by atoms with Gasteiger partial charge in [-0.2, -0.15) is 0 Å². The molecule has 1 aliphatic heterocycles. The molecule has 1 saturated heterocycles. The molecule has 1 N–H and O–H groups in total. The van der Waals surface area contributed by atoms with Gasteiger partial charge in [-0.05, 0) is 19.3 Å². The van der Waals surface area contributed by atoms with Crippen molar-refractivity contribution in [1.82, 2.24) is 5.32 Å². The standard InChI is InChI=1S/C9H13NO2/c11-7-8(12)10-6-5-9(7)3-1-2-4-9/h1-6H2,(H,10,12). The Balaban J connectivity index is 2.23. The van der Waals surface area contributed by atoms with Crippen LogP contribution in [0.15, 0.2) is 0 Å². The van der Waals surface area contributed by atoms with E-state index < -0.39 is 0 Å². The molecule has 0 unspecified atom stereocenters. The minimum absolute atomic E-state index is 0.161. The molecule has 2 rings (SSSR count).